The van der Waals surface area contributed by atoms with Crippen molar-refractivity contribution in [2.45, 2.75) is 76.5 Å². The average Bonchev–Trinajstić information content (AvgIpc) is 2.82. The maximum atomic E-state index is 12.1. The van der Waals surface area contributed by atoms with E-state index in [1.165, 1.54) is 44.9 Å². The van der Waals surface area contributed by atoms with Crippen molar-refractivity contribution in [3.63, 3.8) is 0 Å². The van der Waals surface area contributed by atoms with E-state index in [-0.39, 0.29) is 4.83 Å². The fraction of sp³-hybridized carbons (Fsp3) is 0.947. The molecule has 4 fully saturated rings. The molecule has 0 aromatic carbocycles. The first-order chi connectivity index (χ1) is 9.94. The standard InChI is InChI=1S/C19H29BrO/c1-18-8-3-4-14(18)13-6-5-12-10-17(21)16(20)11-19(12,2)15(13)7-9-18/h12-16H,3-11H2,1-2H3/t12-,13-,14+,15-,16+,18+,19+/m0/s1. The van der Waals surface area contributed by atoms with E-state index in [0.29, 0.717) is 22.5 Å². The van der Waals surface area contributed by atoms with Crippen LogP contribution in [0.5, 0.6) is 0 Å². The molecule has 0 saturated heterocycles. The van der Waals surface area contributed by atoms with Gasteiger partial charge in [-0.1, -0.05) is 36.2 Å². The fourth-order valence-electron chi connectivity index (χ4n) is 7.05. The molecule has 4 aliphatic carbocycles. The summed E-state index contributed by atoms with van der Waals surface area (Å²) < 4.78 is 0. The Kier molecular flexibility index (Phi) is 3.38. The number of hydrogen-bond acceptors (Lipinski definition) is 1. The van der Waals surface area contributed by atoms with Gasteiger partial charge in [0, 0.05) is 6.42 Å². The normalized spacial score (nSPS) is 56.5. The predicted molar refractivity (Wildman–Crippen MR) is 89.4 cm³/mol. The second-order valence-electron chi connectivity index (χ2n) is 9.08. The van der Waals surface area contributed by atoms with Gasteiger partial charge < -0.3 is 0 Å². The van der Waals surface area contributed by atoms with Gasteiger partial charge in [0.25, 0.3) is 0 Å². The van der Waals surface area contributed by atoms with Crippen LogP contribution in [0.15, 0.2) is 0 Å². The lowest BCUT2D eigenvalue weighted by Gasteiger charge is -2.60. The molecule has 0 heterocycles. The SMILES string of the molecule is C[C@]12CCC[C@@H]1[C@@H]1CC[C@H]3CC(=O)[C@H](Br)C[C@@]3(C)[C@H]1CC2. The van der Waals surface area contributed by atoms with Crippen LogP contribution in [-0.4, -0.2) is 10.6 Å². The van der Waals surface area contributed by atoms with Crippen LogP contribution < -0.4 is 0 Å². The van der Waals surface area contributed by atoms with Gasteiger partial charge in [-0.15, -0.1) is 0 Å². The van der Waals surface area contributed by atoms with E-state index in [4.69, 9.17) is 0 Å². The van der Waals surface area contributed by atoms with Crippen molar-refractivity contribution in [3.8, 4) is 0 Å². The molecular formula is C19H29BrO. The third-order valence-corrected chi connectivity index (χ3v) is 9.10. The van der Waals surface area contributed by atoms with Crippen molar-refractivity contribution >= 4 is 21.7 Å². The summed E-state index contributed by atoms with van der Waals surface area (Å²) in [5, 5.41) is 0. The zero-order valence-electron chi connectivity index (χ0n) is 13.5. The molecule has 0 unspecified atom stereocenters. The molecule has 7 atom stereocenters. The lowest BCUT2D eigenvalue weighted by Crippen LogP contribution is -2.54. The Morgan fingerprint density at radius 3 is 2.67 bits per heavy atom. The van der Waals surface area contributed by atoms with Crippen molar-refractivity contribution in [1.29, 1.82) is 0 Å². The van der Waals surface area contributed by atoms with E-state index in [0.717, 1.165) is 30.6 Å². The van der Waals surface area contributed by atoms with Gasteiger partial charge in [0.2, 0.25) is 0 Å². The van der Waals surface area contributed by atoms with Crippen molar-refractivity contribution in [1.82, 2.24) is 0 Å². The van der Waals surface area contributed by atoms with E-state index < -0.39 is 0 Å². The summed E-state index contributed by atoms with van der Waals surface area (Å²) in [4.78, 5) is 12.3. The third kappa shape index (κ3) is 2.03. The highest BCUT2D eigenvalue weighted by Crippen LogP contribution is 2.66. The van der Waals surface area contributed by atoms with Gasteiger partial charge in [-0.25, -0.2) is 0 Å². The van der Waals surface area contributed by atoms with Crippen molar-refractivity contribution in [3.05, 3.63) is 0 Å². The summed E-state index contributed by atoms with van der Waals surface area (Å²) in [6.07, 6.45) is 12.0. The monoisotopic (exact) mass is 352 g/mol. The first-order valence-corrected chi connectivity index (χ1v) is 10.0. The molecule has 4 rings (SSSR count). The van der Waals surface area contributed by atoms with Gasteiger partial charge in [0.05, 0.1) is 4.83 Å². The molecule has 0 radical (unpaired) electrons. The molecule has 0 aliphatic heterocycles. The summed E-state index contributed by atoms with van der Waals surface area (Å²) >= 11 is 3.68. The summed E-state index contributed by atoms with van der Waals surface area (Å²) in [5.74, 6) is 3.98. The Balaban J connectivity index is 1.65. The molecule has 0 aromatic rings. The summed E-state index contributed by atoms with van der Waals surface area (Å²) in [6.45, 7) is 5.11. The van der Waals surface area contributed by atoms with Crippen LogP contribution in [0.2, 0.25) is 0 Å². The molecule has 0 aromatic heterocycles. The molecular weight excluding hydrogens is 324 g/mol. The number of Topliss-reactive ketones (excluding diaryl/α,β-unsaturated/α-hetero) is 1. The predicted octanol–water partition coefficient (Wildman–Crippen LogP) is 5.36. The van der Waals surface area contributed by atoms with E-state index >= 15 is 0 Å². The molecule has 0 amide bonds. The molecule has 4 saturated carbocycles. The van der Waals surface area contributed by atoms with Gasteiger partial charge in [-0.2, -0.15) is 0 Å². The van der Waals surface area contributed by atoms with Crippen LogP contribution in [0.4, 0.5) is 0 Å². The molecule has 118 valence electrons. The van der Waals surface area contributed by atoms with E-state index in [9.17, 15) is 4.79 Å². The first-order valence-electron chi connectivity index (χ1n) is 9.11. The molecule has 0 spiro atoms. The minimum absolute atomic E-state index is 0.134. The molecule has 0 N–H and O–H groups in total. The lowest BCUT2D eigenvalue weighted by molar-refractivity contribution is -0.136. The fourth-order valence-corrected chi connectivity index (χ4v) is 7.94. The quantitative estimate of drug-likeness (QED) is 0.536. The van der Waals surface area contributed by atoms with Crippen LogP contribution in [0.1, 0.15) is 71.6 Å². The highest BCUT2D eigenvalue weighted by Gasteiger charge is 2.58. The van der Waals surface area contributed by atoms with Crippen molar-refractivity contribution < 1.29 is 4.79 Å². The number of rotatable bonds is 0. The maximum absolute atomic E-state index is 12.1. The summed E-state index contributed by atoms with van der Waals surface area (Å²) in [7, 11) is 0. The van der Waals surface area contributed by atoms with Gasteiger partial charge in [-0.05, 0) is 79.4 Å². The van der Waals surface area contributed by atoms with Gasteiger partial charge in [0.15, 0.2) is 0 Å². The number of fused-ring (bicyclic) bond motifs is 5. The minimum Gasteiger partial charge on any atom is -0.298 e. The minimum atomic E-state index is 0.134. The largest absolute Gasteiger partial charge is 0.298 e. The van der Waals surface area contributed by atoms with Crippen LogP contribution in [0.25, 0.3) is 0 Å². The Labute approximate surface area is 137 Å². The van der Waals surface area contributed by atoms with E-state index in [1.807, 2.05) is 0 Å². The number of ketones is 1. The smallest absolute Gasteiger partial charge is 0.146 e. The van der Waals surface area contributed by atoms with Crippen molar-refractivity contribution in [2.75, 3.05) is 0 Å². The highest BCUT2D eigenvalue weighted by molar-refractivity contribution is 9.10. The number of carbonyl (C=O) groups is 1. The number of hydrogen-bond donors (Lipinski definition) is 0. The Morgan fingerprint density at radius 1 is 1.05 bits per heavy atom. The molecule has 21 heavy (non-hydrogen) atoms. The van der Waals surface area contributed by atoms with E-state index in [2.05, 4.69) is 29.8 Å². The zero-order chi connectivity index (χ0) is 14.8. The van der Waals surface area contributed by atoms with E-state index in [1.54, 1.807) is 0 Å². The Hall–Kier alpha value is 0.150. The average molecular weight is 353 g/mol. The summed E-state index contributed by atoms with van der Waals surface area (Å²) in [6, 6.07) is 0. The third-order valence-electron chi connectivity index (χ3n) is 8.26. The van der Waals surface area contributed by atoms with Gasteiger partial charge >= 0.3 is 0 Å². The van der Waals surface area contributed by atoms with Crippen LogP contribution >= 0.6 is 15.9 Å². The second-order valence-corrected chi connectivity index (χ2v) is 10.2. The molecule has 4 aliphatic rings. The Bertz CT molecular complexity index is 460. The number of alkyl halides is 1. The molecule has 2 heteroatoms. The van der Waals surface area contributed by atoms with Crippen LogP contribution in [-0.2, 0) is 4.79 Å². The maximum Gasteiger partial charge on any atom is 0.146 e. The molecule has 0 bridgehead atoms. The van der Waals surface area contributed by atoms with Crippen LogP contribution in [0.3, 0.4) is 0 Å². The number of carbonyl (C=O) groups excluding carboxylic acids is 1. The van der Waals surface area contributed by atoms with Crippen molar-refractivity contribution in [2.24, 2.45) is 34.5 Å². The highest BCUT2D eigenvalue weighted by atomic mass is 79.9. The first kappa shape index (κ1) is 14.7. The topological polar surface area (TPSA) is 17.1 Å². The number of halogens is 1. The van der Waals surface area contributed by atoms with Gasteiger partial charge in [0.1, 0.15) is 5.78 Å². The van der Waals surface area contributed by atoms with Gasteiger partial charge in [-0.3, -0.25) is 4.79 Å². The zero-order valence-corrected chi connectivity index (χ0v) is 15.1. The molecule has 1 nitrogen and oxygen atoms in total. The Morgan fingerprint density at radius 2 is 1.86 bits per heavy atom. The second kappa shape index (κ2) is 4.82. The summed E-state index contributed by atoms with van der Waals surface area (Å²) in [5.41, 5.74) is 1.08. The van der Waals surface area contributed by atoms with Crippen LogP contribution in [0, 0.1) is 34.5 Å². The lowest BCUT2D eigenvalue weighted by atomic mass is 9.45.